The Kier molecular flexibility index (Phi) is 6.09. The molecule has 2 fully saturated rings. The zero-order valence-corrected chi connectivity index (χ0v) is 20.6. The number of halogens is 4. The summed E-state index contributed by atoms with van der Waals surface area (Å²) in [4.78, 5) is 15.2. The van der Waals surface area contributed by atoms with Crippen molar-refractivity contribution in [2.24, 2.45) is 0 Å². The number of H-pyrrole nitrogens is 2. The number of anilines is 3. The summed E-state index contributed by atoms with van der Waals surface area (Å²) in [6.45, 7) is 2.01. The lowest BCUT2D eigenvalue weighted by molar-refractivity contribution is -0.146. The zero-order chi connectivity index (χ0) is 26.4. The van der Waals surface area contributed by atoms with E-state index in [1.54, 1.807) is 18.2 Å². The number of hydrogen-bond acceptors (Lipinski definition) is 7. The van der Waals surface area contributed by atoms with Gasteiger partial charge >= 0.3 is 12.2 Å². The fraction of sp³-hybridized carbons (Fsp3) is 0.400. The molecule has 1 aliphatic heterocycles. The van der Waals surface area contributed by atoms with Crippen LogP contribution in [0.3, 0.4) is 0 Å². The number of benzene rings is 1. The van der Waals surface area contributed by atoms with E-state index in [0.717, 1.165) is 24.2 Å². The molecule has 0 unspecified atom stereocenters. The average molecular weight is 531 g/mol. The van der Waals surface area contributed by atoms with Crippen molar-refractivity contribution in [2.45, 2.75) is 31.9 Å². The van der Waals surface area contributed by atoms with Crippen molar-refractivity contribution in [1.82, 2.24) is 30.0 Å². The first-order chi connectivity index (χ1) is 18.2. The highest BCUT2D eigenvalue weighted by atomic mass is 19.4. The monoisotopic (exact) mass is 530 g/mol. The number of alkyl halides is 3. The largest absolute Gasteiger partial charge is 0.421 e. The Morgan fingerprint density at radius 2 is 1.84 bits per heavy atom. The first-order valence-corrected chi connectivity index (χ1v) is 12.4. The van der Waals surface area contributed by atoms with E-state index in [-0.39, 0.29) is 24.8 Å². The van der Waals surface area contributed by atoms with Gasteiger partial charge in [0, 0.05) is 66.5 Å². The lowest BCUT2D eigenvalue weighted by Crippen LogP contribution is -2.49. The quantitative estimate of drug-likeness (QED) is 0.282. The summed E-state index contributed by atoms with van der Waals surface area (Å²) in [5.41, 5.74) is 2.50. The first-order valence-electron chi connectivity index (χ1n) is 12.4. The minimum atomic E-state index is -4.25. The molecule has 2 aliphatic rings. The van der Waals surface area contributed by atoms with Gasteiger partial charge in [0.05, 0.1) is 6.54 Å². The highest BCUT2D eigenvalue weighted by Gasteiger charge is 2.32. The van der Waals surface area contributed by atoms with E-state index in [9.17, 15) is 13.2 Å². The van der Waals surface area contributed by atoms with Gasteiger partial charge in [-0.05, 0) is 38.0 Å². The summed E-state index contributed by atoms with van der Waals surface area (Å²) in [7, 11) is 0. The second kappa shape index (κ2) is 9.46. The Bertz CT molecular complexity index is 1450. The molecule has 1 saturated carbocycles. The van der Waals surface area contributed by atoms with Crippen molar-refractivity contribution in [3.8, 4) is 11.8 Å². The van der Waals surface area contributed by atoms with Crippen molar-refractivity contribution in [1.29, 1.82) is 0 Å². The van der Waals surface area contributed by atoms with E-state index in [0.29, 0.717) is 47.4 Å². The standard InChI is InChI=1S/C25H26F4N8O/c1-14-10-16-17(30-14)4-5-19(23(16)26)38-24-32-20(31-21-11-18(34-35-21)15-2-3-15)12-22(33-24)37-8-6-36(7-9-37)13-25(27,28)29/h4-5,10-12,15,30H,2-3,6-9,13H2,1H3,(H2,31,32,33,34,35). The Balaban J connectivity index is 1.27. The highest BCUT2D eigenvalue weighted by Crippen LogP contribution is 2.40. The third-order valence-electron chi connectivity index (χ3n) is 6.70. The molecule has 4 aromatic rings. The molecule has 9 nitrogen and oxygen atoms in total. The summed E-state index contributed by atoms with van der Waals surface area (Å²) >= 11 is 0. The third-order valence-corrected chi connectivity index (χ3v) is 6.70. The molecular formula is C25H26F4N8O. The topological polar surface area (TPSA) is 98.0 Å². The van der Waals surface area contributed by atoms with Crippen molar-refractivity contribution in [3.05, 3.63) is 47.5 Å². The van der Waals surface area contributed by atoms with Gasteiger partial charge in [0.1, 0.15) is 11.6 Å². The summed E-state index contributed by atoms with van der Waals surface area (Å²) in [6, 6.07) is 8.42. The summed E-state index contributed by atoms with van der Waals surface area (Å²) in [5.74, 6) is 1.30. The fourth-order valence-corrected chi connectivity index (χ4v) is 4.67. The molecule has 0 atom stereocenters. The van der Waals surface area contributed by atoms with E-state index in [2.05, 4.69) is 30.5 Å². The first kappa shape index (κ1) is 24.5. The number of hydrogen-bond donors (Lipinski definition) is 3. The van der Waals surface area contributed by atoms with Crippen LogP contribution in [0.15, 0.2) is 30.3 Å². The van der Waals surface area contributed by atoms with Crippen LogP contribution in [0.4, 0.5) is 35.0 Å². The Labute approximate surface area is 215 Å². The van der Waals surface area contributed by atoms with Crippen LogP contribution in [0.25, 0.3) is 10.9 Å². The Morgan fingerprint density at radius 1 is 1.05 bits per heavy atom. The molecule has 0 bridgehead atoms. The van der Waals surface area contributed by atoms with Gasteiger partial charge in [-0.25, -0.2) is 4.39 Å². The molecule has 0 amide bonds. The van der Waals surface area contributed by atoms with Crippen LogP contribution in [-0.4, -0.2) is 68.9 Å². The molecule has 200 valence electrons. The zero-order valence-electron chi connectivity index (χ0n) is 20.6. The molecule has 6 rings (SSSR count). The van der Waals surface area contributed by atoms with Gasteiger partial charge in [0.2, 0.25) is 0 Å². The van der Waals surface area contributed by atoms with E-state index >= 15 is 4.39 Å². The summed E-state index contributed by atoms with van der Waals surface area (Å²) in [6.07, 6.45) is -2.01. The van der Waals surface area contributed by atoms with Crippen molar-refractivity contribution >= 4 is 28.4 Å². The van der Waals surface area contributed by atoms with Crippen LogP contribution in [0, 0.1) is 12.7 Å². The molecule has 3 N–H and O–H groups in total. The van der Waals surface area contributed by atoms with Gasteiger partial charge in [0.15, 0.2) is 17.4 Å². The van der Waals surface area contributed by atoms with E-state index in [4.69, 9.17) is 4.74 Å². The molecule has 13 heteroatoms. The van der Waals surface area contributed by atoms with Gasteiger partial charge in [-0.3, -0.25) is 10.00 Å². The average Bonchev–Trinajstić information content (AvgIpc) is 3.49. The molecule has 0 radical (unpaired) electrons. The molecule has 3 aromatic heterocycles. The third kappa shape index (κ3) is 5.37. The fourth-order valence-electron chi connectivity index (χ4n) is 4.67. The predicted octanol–water partition coefficient (Wildman–Crippen LogP) is 5.23. The normalized spacial score (nSPS) is 16.8. The number of fused-ring (bicyclic) bond motifs is 1. The van der Waals surface area contributed by atoms with Gasteiger partial charge in [0.25, 0.3) is 0 Å². The summed E-state index contributed by atoms with van der Waals surface area (Å²) in [5, 5.41) is 10.8. The van der Waals surface area contributed by atoms with Gasteiger partial charge < -0.3 is 19.9 Å². The maximum absolute atomic E-state index is 15.2. The molecular weight excluding hydrogens is 504 g/mol. The number of ether oxygens (including phenoxy) is 1. The number of nitrogens with zero attached hydrogens (tertiary/aromatic N) is 5. The van der Waals surface area contributed by atoms with Gasteiger partial charge in [-0.15, -0.1) is 0 Å². The molecule has 38 heavy (non-hydrogen) atoms. The van der Waals surface area contributed by atoms with Gasteiger partial charge in [-0.2, -0.15) is 28.2 Å². The molecule has 1 aromatic carbocycles. The molecule has 1 aliphatic carbocycles. The van der Waals surface area contributed by atoms with E-state index in [1.165, 1.54) is 11.0 Å². The van der Waals surface area contributed by atoms with Crippen molar-refractivity contribution < 1.29 is 22.3 Å². The van der Waals surface area contributed by atoms with Crippen LogP contribution in [0.5, 0.6) is 11.8 Å². The second-order valence-electron chi connectivity index (χ2n) is 9.77. The van der Waals surface area contributed by atoms with Gasteiger partial charge in [-0.1, -0.05) is 0 Å². The van der Waals surface area contributed by atoms with Crippen molar-refractivity contribution in [3.63, 3.8) is 0 Å². The maximum Gasteiger partial charge on any atom is 0.401 e. The lowest BCUT2D eigenvalue weighted by Gasteiger charge is -2.35. The molecule has 1 saturated heterocycles. The summed E-state index contributed by atoms with van der Waals surface area (Å²) < 4.78 is 59.5. The van der Waals surface area contributed by atoms with Crippen LogP contribution in [0.1, 0.15) is 30.1 Å². The second-order valence-corrected chi connectivity index (χ2v) is 9.77. The Hall–Kier alpha value is -3.87. The van der Waals surface area contributed by atoms with Crippen LogP contribution in [0.2, 0.25) is 0 Å². The van der Waals surface area contributed by atoms with E-state index < -0.39 is 18.5 Å². The number of aromatic amines is 2. The number of aromatic nitrogens is 5. The van der Waals surface area contributed by atoms with Crippen LogP contribution in [-0.2, 0) is 0 Å². The SMILES string of the molecule is Cc1cc2c(F)c(Oc3nc(Nc4cc(C5CC5)[nH]n4)cc(N4CCN(CC(F)(F)F)CC4)n3)ccc2[nH]1. The number of piperazine rings is 1. The number of aryl methyl sites for hydroxylation is 1. The predicted molar refractivity (Wildman–Crippen MR) is 134 cm³/mol. The van der Waals surface area contributed by atoms with Crippen LogP contribution < -0.4 is 15.0 Å². The maximum atomic E-state index is 15.2. The van der Waals surface area contributed by atoms with E-state index in [1.807, 2.05) is 17.9 Å². The minimum absolute atomic E-state index is 0.0367. The Morgan fingerprint density at radius 3 is 2.58 bits per heavy atom. The minimum Gasteiger partial charge on any atom is -0.421 e. The van der Waals surface area contributed by atoms with Crippen molar-refractivity contribution in [2.75, 3.05) is 42.9 Å². The number of nitrogens with one attached hydrogen (secondary N) is 3. The molecule has 0 spiro atoms. The molecule has 4 heterocycles. The number of rotatable bonds is 7. The van der Waals surface area contributed by atoms with Crippen LogP contribution >= 0.6 is 0 Å². The lowest BCUT2D eigenvalue weighted by atomic mass is 10.2. The highest BCUT2D eigenvalue weighted by molar-refractivity contribution is 5.82. The smallest absolute Gasteiger partial charge is 0.401 e.